The number of carbonyl (C=O) groups excluding carboxylic acids is 1. The first-order valence-corrected chi connectivity index (χ1v) is 7.88. The van der Waals surface area contributed by atoms with Gasteiger partial charge in [0.25, 0.3) is 5.91 Å². The van der Waals surface area contributed by atoms with Crippen molar-refractivity contribution in [2.45, 2.75) is 20.4 Å². The topological polar surface area (TPSA) is 28.5 Å². The van der Waals surface area contributed by atoms with Crippen LogP contribution in [0, 0.1) is 0 Å². The Labute approximate surface area is 135 Å². The molecule has 1 aromatic heterocycles. The van der Waals surface area contributed by atoms with Crippen molar-refractivity contribution in [3.8, 4) is 0 Å². The number of fused-ring (bicyclic) bond motifs is 1. The predicted molar refractivity (Wildman–Crippen MR) is 93.3 cm³/mol. The Morgan fingerprint density at radius 1 is 1.18 bits per heavy atom. The van der Waals surface area contributed by atoms with Crippen molar-refractivity contribution < 1.29 is 4.79 Å². The Hall–Kier alpha value is -2.14. The van der Waals surface area contributed by atoms with Crippen LogP contribution in [0.2, 0.25) is 0 Å². The summed E-state index contributed by atoms with van der Waals surface area (Å²) in [7, 11) is 1.85. The fourth-order valence-corrected chi connectivity index (χ4v) is 3.20. The number of amides is 1. The normalized spacial score (nSPS) is 17.3. The lowest BCUT2D eigenvalue weighted by Crippen LogP contribution is -2.30. The molecule has 0 atom stereocenters. The number of aryl methyl sites for hydroxylation is 1. The number of carbonyl (C=O) groups is 1. The van der Waals surface area contributed by atoms with Crippen LogP contribution in [0.1, 0.15) is 19.4 Å². The molecule has 3 rings (SSSR count). The number of nitrogens with zero attached hydrogens (tertiary/aromatic N) is 3. The van der Waals surface area contributed by atoms with E-state index in [1.807, 2.05) is 32.2 Å². The lowest BCUT2D eigenvalue weighted by atomic mass is 10.1. The van der Waals surface area contributed by atoms with Gasteiger partial charge in [0.1, 0.15) is 5.70 Å². The number of benzene rings is 1. The molecule has 1 aromatic carbocycles. The van der Waals surface area contributed by atoms with E-state index < -0.39 is 0 Å². The van der Waals surface area contributed by atoms with Gasteiger partial charge in [-0.1, -0.05) is 18.2 Å². The molecule has 0 aliphatic carbocycles. The quantitative estimate of drug-likeness (QED) is 0.644. The van der Waals surface area contributed by atoms with Gasteiger partial charge in [0, 0.05) is 42.8 Å². The SMILES string of the molecule is CCN1C(=O)/C(=C/c2cn(CC)c3ccccc23)N(C)C1=S. The van der Waals surface area contributed by atoms with Crippen LogP contribution in [0.5, 0.6) is 0 Å². The van der Waals surface area contributed by atoms with Gasteiger partial charge >= 0.3 is 0 Å². The summed E-state index contributed by atoms with van der Waals surface area (Å²) in [5, 5.41) is 1.72. The van der Waals surface area contributed by atoms with E-state index in [2.05, 4.69) is 29.8 Å². The number of hydrogen-bond acceptors (Lipinski definition) is 2. The molecule has 0 bridgehead atoms. The minimum absolute atomic E-state index is 0.0247. The van der Waals surface area contributed by atoms with Crippen LogP contribution in [0.25, 0.3) is 17.0 Å². The zero-order valence-corrected chi connectivity index (χ0v) is 13.9. The van der Waals surface area contributed by atoms with Crippen LogP contribution in [0.4, 0.5) is 0 Å². The molecule has 114 valence electrons. The molecule has 22 heavy (non-hydrogen) atoms. The highest BCUT2D eigenvalue weighted by atomic mass is 32.1. The van der Waals surface area contributed by atoms with Gasteiger partial charge in [0.15, 0.2) is 5.11 Å². The molecule has 1 saturated heterocycles. The van der Waals surface area contributed by atoms with E-state index in [9.17, 15) is 4.79 Å². The summed E-state index contributed by atoms with van der Waals surface area (Å²) in [6.07, 6.45) is 4.04. The highest BCUT2D eigenvalue weighted by molar-refractivity contribution is 7.80. The maximum Gasteiger partial charge on any atom is 0.276 e. The molecule has 0 spiro atoms. The fourth-order valence-electron chi connectivity index (χ4n) is 2.89. The van der Waals surface area contributed by atoms with Crippen molar-refractivity contribution in [3.05, 3.63) is 41.7 Å². The predicted octanol–water partition coefficient (Wildman–Crippen LogP) is 3.08. The van der Waals surface area contributed by atoms with Crippen molar-refractivity contribution in [2.75, 3.05) is 13.6 Å². The maximum absolute atomic E-state index is 12.5. The standard InChI is InChI=1S/C17H19N3OS/c1-4-19-11-12(13-8-6-7-9-14(13)19)10-15-16(21)20(5-2)17(22)18(15)3/h6-11H,4-5H2,1-3H3/b15-10-. The molecule has 4 nitrogen and oxygen atoms in total. The van der Waals surface area contributed by atoms with Crippen molar-refractivity contribution in [3.63, 3.8) is 0 Å². The van der Waals surface area contributed by atoms with E-state index in [-0.39, 0.29) is 5.91 Å². The highest BCUT2D eigenvalue weighted by Gasteiger charge is 2.34. The van der Waals surface area contributed by atoms with Crippen LogP contribution in [0.15, 0.2) is 36.2 Å². The fraction of sp³-hybridized carbons (Fsp3) is 0.294. The molecule has 1 aliphatic rings. The molecule has 0 saturated carbocycles. The van der Waals surface area contributed by atoms with Crippen LogP contribution < -0.4 is 0 Å². The minimum Gasteiger partial charge on any atom is -0.347 e. The summed E-state index contributed by atoms with van der Waals surface area (Å²) in [4.78, 5) is 15.9. The van der Waals surface area contributed by atoms with E-state index in [0.29, 0.717) is 17.4 Å². The number of rotatable bonds is 3. The Morgan fingerprint density at radius 2 is 1.91 bits per heavy atom. The van der Waals surface area contributed by atoms with E-state index in [0.717, 1.165) is 17.5 Å². The minimum atomic E-state index is -0.0247. The molecule has 0 N–H and O–H groups in total. The number of hydrogen-bond donors (Lipinski definition) is 0. The lowest BCUT2D eigenvalue weighted by Gasteiger charge is -2.13. The molecular weight excluding hydrogens is 294 g/mol. The van der Waals surface area contributed by atoms with Crippen LogP contribution in [-0.4, -0.2) is 39.0 Å². The van der Waals surface area contributed by atoms with Crippen molar-refractivity contribution in [1.29, 1.82) is 0 Å². The van der Waals surface area contributed by atoms with E-state index in [1.54, 1.807) is 9.80 Å². The van der Waals surface area contributed by atoms with Crippen LogP contribution >= 0.6 is 12.2 Å². The number of aromatic nitrogens is 1. The summed E-state index contributed by atoms with van der Waals surface area (Å²) in [5.74, 6) is -0.0247. The summed E-state index contributed by atoms with van der Waals surface area (Å²) in [5.41, 5.74) is 2.86. The Kier molecular flexibility index (Phi) is 3.74. The third kappa shape index (κ3) is 2.13. The largest absolute Gasteiger partial charge is 0.347 e. The zero-order valence-electron chi connectivity index (χ0n) is 13.0. The summed E-state index contributed by atoms with van der Waals surface area (Å²) >= 11 is 5.34. The molecule has 2 aromatic rings. The van der Waals surface area contributed by atoms with Gasteiger partial charge < -0.3 is 9.47 Å². The second kappa shape index (κ2) is 5.57. The second-order valence-electron chi connectivity index (χ2n) is 5.31. The summed E-state index contributed by atoms with van der Waals surface area (Å²) in [6.45, 7) is 5.54. The first kappa shape index (κ1) is 14.8. The molecule has 0 radical (unpaired) electrons. The molecule has 1 aliphatic heterocycles. The van der Waals surface area contributed by atoms with Crippen LogP contribution in [-0.2, 0) is 11.3 Å². The third-order valence-corrected chi connectivity index (χ3v) is 4.61. The van der Waals surface area contributed by atoms with Gasteiger partial charge in [-0.15, -0.1) is 0 Å². The Morgan fingerprint density at radius 3 is 2.55 bits per heavy atom. The summed E-state index contributed by atoms with van der Waals surface area (Å²) in [6, 6.07) is 8.24. The van der Waals surface area contributed by atoms with Crippen molar-refractivity contribution in [2.24, 2.45) is 0 Å². The van der Waals surface area contributed by atoms with Crippen LogP contribution in [0.3, 0.4) is 0 Å². The molecule has 1 fully saturated rings. The van der Waals surface area contributed by atoms with Gasteiger partial charge in [0.05, 0.1) is 0 Å². The zero-order chi connectivity index (χ0) is 15.9. The Balaban J connectivity index is 2.13. The number of para-hydroxylation sites is 1. The monoisotopic (exact) mass is 313 g/mol. The van der Waals surface area contributed by atoms with Crippen molar-refractivity contribution >= 4 is 40.2 Å². The second-order valence-corrected chi connectivity index (χ2v) is 5.67. The molecule has 5 heteroatoms. The Bertz CT molecular complexity index is 790. The number of likely N-dealkylation sites (N-methyl/N-ethyl adjacent to an activating group) is 2. The smallest absolute Gasteiger partial charge is 0.276 e. The van der Waals surface area contributed by atoms with Gasteiger partial charge in [-0.05, 0) is 38.2 Å². The van der Waals surface area contributed by atoms with E-state index in [1.165, 1.54) is 5.52 Å². The number of thiocarbonyl (C=S) groups is 1. The third-order valence-electron chi connectivity index (χ3n) is 4.11. The first-order valence-electron chi connectivity index (χ1n) is 7.47. The molecule has 0 unspecified atom stereocenters. The lowest BCUT2D eigenvalue weighted by molar-refractivity contribution is -0.122. The maximum atomic E-state index is 12.5. The molecular formula is C17H19N3OS. The first-order chi connectivity index (χ1) is 10.6. The highest BCUT2D eigenvalue weighted by Crippen LogP contribution is 2.27. The van der Waals surface area contributed by atoms with E-state index >= 15 is 0 Å². The average molecular weight is 313 g/mol. The average Bonchev–Trinajstić information content (AvgIpc) is 2.99. The van der Waals surface area contributed by atoms with Gasteiger partial charge in [-0.3, -0.25) is 9.69 Å². The molecule has 2 heterocycles. The van der Waals surface area contributed by atoms with Crippen molar-refractivity contribution in [1.82, 2.24) is 14.4 Å². The molecule has 1 amide bonds. The van der Waals surface area contributed by atoms with Gasteiger partial charge in [-0.2, -0.15) is 0 Å². The summed E-state index contributed by atoms with van der Waals surface area (Å²) < 4.78 is 2.19. The van der Waals surface area contributed by atoms with Gasteiger partial charge in [0.2, 0.25) is 0 Å². The van der Waals surface area contributed by atoms with Gasteiger partial charge in [-0.25, -0.2) is 0 Å². The van der Waals surface area contributed by atoms with E-state index in [4.69, 9.17) is 12.2 Å².